The molecule has 14 heavy (non-hydrogen) atoms. The van der Waals surface area contributed by atoms with E-state index in [-0.39, 0.29) is 6.03 Å². The van der Waals surface area contributed by atoms with Crippen LogP contribution in [0.3, 0.4) is 0 Å². The van der Waals surface area contributed by atoms with Crippen molar-refractivity contribution < 1.29 is 14.3 Å². The quantitative estimate of drug-likeness (QED) is 0.592. The molecule has 1 heterocycles. The first-order valence-electron chi connectivity index (χ1n) is 4.57. The van der Waals surface area contributed by atoms with E-state index in [1.165, 1.54) is 4.90 Å². The first-order valence-corrected chi connectivity index (χ1v) is 4.57. The van der Waals surface area contributed by atoms with Crippen LogP contribution in [0.1, 0.15) is 20.8 Å². The Kier molecular flexibility index (Phi) is 2.69. The highest BCUT2D eigenvalue weighted by molar-refractivity contribution is 5.92. The molecule has 0 unspecified atom stereocenters. The molecule has 1 aliphatic rings. The average molecular weight is 200 g/mol. The van der Waals surface area contributed by atoms with Crippen molar-refractivity contribution >= 4 is 12.1 Å². The summed E-state index contributed by atoms with van der Waals surface area (Å²) in [5.74, 6) is 0. The van der Waals surface area contributed by atoms with Crippen LogP contribution in [-0.2, 0) is 4.74 Å². The van der Waals surface area contributed by atoms with Gasteiger partial charge < -0.3 is 9.64 Å². The van der Waals surface area contributed by atoms with Crippen molar-refractivity contribution in [1.82, 2.24) is 9.80 Å². The largest absolute Gasteiger partial charge is 0.443 e. The number of ether oxygens (including phenoxy) is 1. The number of hydrogen-bond donors (Lipinski definition) is 0. The fourth-order valence-corrected chi connectivity index (χ4v) is 1.13. The molecule has 0 N–H and O–H groups in total. The van der Waals surface area contributed by atoms with E-state index in [2.05, 4.69) is 0 Å². The van der Waals surface area contributed by atoms with Crippen molar-refractivity contribution in [1.29, 1.82) is 0 Å². The Morgan fingerprint density at radius 1 is 1.36 bits per heavy atom. The molecule has 0 aliphatic carbocycles. The summed E-state index contributed by atoms with van der Waals surface area (Å²) in [5.41, 5.74) is -0.557. The molecule has 3 amide bonds. The van der Waals surface area contributed by atoms with Crippen molar-refractivity contribution in [2.45, 2.75) is 26.4 Å². The topological polar surface area (TPSA) is 49.9 Å². The summed E-state index contributed by atoms with van der Waals surface area (Å²) in [6.07, 6.45) is -0.563. The Morgan fingerprint density at radius 2 is 1.93 bits per heavy atom. The summed E-state index contributed by atoms with van der Waals surface area (Å²) < 4.78 is 5.08. The van der Waals surface area contributed by atoms with E-state index in [0.717, 1.165) is 4.90 Å². The fourth-order valence-electron chi connectivity index (χ4n) is 1.13. The lowest BCUT2D eigenvalue weighted by molar-refractivity contribution is 0.0349. The summed E-state index contributed by atoms with van der Waals surface area (Å²) >= 11 is 0. The highest BCUT2D eigenvalue weighted by Crippen LogP contribution is 2.13. The predicted octanol–water partition coefficient (Wildman–Crippen LogP) is 1.29. The zero-order valence-electron chi connectivity index (χ0n) is 9.03. The summed E-state index contributed by atoms with van der Waals surface area (Å²) in [6.45, 7) is 6.29. The van der Waals surface area contributed by atoms with Gasteiger partial charge in [0.25, 0.3) is 0 Å². The van der Waals surface area contributed by atoms with E-state index >= 15 is 0 Å². The molecule has 0 radical (unpaired) electrons. The van der Waals surface area contributed by atoms with Gasteiger partial charge in [-0.15, -0.1) is 0 Å². The molecule has 0 saturated carbocycles. The van der Waals surface area contributed by atoms with Crippen LogP contribution in [0, 0.1) is 0 Å². The van der Waals surface area contributed by atoms with E-state index in [1.807, 2.05) is 0 Å². The monoisotopic (exact) mass is 200 g/mol. The van der Waals surface area contributed by atoms with E-state index in [0.29, 0.717) is 13.1 Å². The number of amides is 3. The van der Waals surface area contributed by atoms with Gasteiger partial charge in [-0.2, -0.15) is 0 Å². The normalized spacial score (nSPS) is 17.6. The van der Waals surface area contributed by atoms with Crippen LogP contribution in [0.5, 0.6) is 0 Å². The number of nitrogens with zero attached hydrogens (tertiary/aromatic N) is 2. The lowest BCUT2D eigenvalue weighted by atomic mass is 10.2. The number of urea groups is 1. The smallest absolute Gasteiger partial charge is 0.418 e. The number of hydrogen-bond acceptors (Lipinski definition) is 3. The minimum Gasteiger partial charge on any atom is -0.443 e. The first kappa shape index (κ1) is 10.8. The SMILES string of the molecule is CN1CCN(C(=O)OC(C)(C)C)C1=O. The van der Waals surface area contributed by atoms with Crippen molar-refractivity contribution in [2.24, 2.45) is 0 Å². The molecule has 0 aromatic carbocycles. The summed E-state index contributed by atoms with van der Waals surface area (Å²) in [4.78, 5) is 25.5. The summed E-state index contributed by atoms with van der Waals surface area (Å²) in [5, 5.41) is 0. The molecule has 1 aliphatic heterocycles. The third-order valence-corrected chi connectivity index (χ3v) is 1.83. The highest BCUT2D eigenvalue weighted by Gasteiger charge is 2.33. The van der Waals surface area contributed by atoms with Crippen molar-refractivity contribution in [2.75, 3.05) is 20.1 Å². The van der Waals surface area contributed by atoms with Crippen LogP contribution >= 0.6 is 0 Å². The van der Waals surface area contributed by atoms with Gasteiger partial charge in [0.05, 0.1) is 6.54 Å². The molecule has 1 fully saturated rings. The molecule has 1 rings (SSSR count). The Hall–Kier alpha value is -1.26. The molecule has 1 saturated heterocycles. The molecule has 0 spiro atoms. The maximum atomic E-state index is 11.5. The zero-order valence-corrected chi connectivity index (χ0v) is 9.03. The van der Waals surface area contributed by atoms with Gasteiger partial charge in [0.1, 0.15) is 5.60 Å². The fraction of sp³-hybridized carbons (Fsp3) is 0.778. The number of imide groups is 1. The van der Waals surface area contributed by atoms with Crippen LogP contribution in [0.4, 0.5) is 9.59 Å². The van der Waals surface area contributed by atoms with Gasteiger partial charge in [0.2, 0.25) is 0 Å². The van der Waals surface area contributed by atoms with E-state index in [1.54, 1.807) is 27.8 Å². The minimum absolute atomic E-state index is 0.292. The Balaban J connectivity index is 2.59. The lowest BCUT2D eigenvalue weighted by Gasteiger charge is -2.22. The molecular formula is C9H16N2O3. The zero-order chi connectivity index (χ0) is 10.9. The van der Waals surface area contributed by atoms with Gasteiger partial charge in [0, 0.05) is 13.6 Å². The second kappa shape index (κ2) is 3.48. The Bertz CT molecular complexity index is 257. The molecule has 0 aromatic rings. The second-order valence-electron chi connectivity index (χ2n) is 4.34. The average Bonchev–Trinajstić information content (AvgIpc) is 2.29. The first-order chi connectivity index (χ1) is 6.31. The van der Waals surface area contributed by atoms with Crippen LogP contribution in [0.15, 0.2) is 0 Å². The van der Waals surface area contributed by atoms with Gasteiger partial charge in [-0.3, -0.25) is 0 Å². The molecule has 0 aromatic heterocycles. The van der Waals surface area contributed by atoms with Gasteiger partial charge in [-0.1, -0.05) is 0 Å². The van der Waals surface area contributed by atoms with Gasteiger partial charge in [-0.25, -0.2) is 14.5 Å². The third-order valence-electron chi connectivity index (χ3n) is 1.83. The number of rotatable bonds is 0. The van der Waals surface area contributed by atoms with Crippen molar-refractivity contribution in [3.8, 4) is 0 Å². The summed E-state index contributed by atoms with van der Waals surface area (Å²) in [7, 11) is 1.66. The van der Waals surface area contributed by atoms with Crippen molar-refractivity contribution in [3.05, 3.63) is 0 Å². The van der Waals surface area contributed by atoms with Crippen LogP contribution in [0.2, 0.25) is 0 Å². The van der Waals surface area contributed by atoms with E-state index in [9.17, 15) is 9.59 Å². The van der Waals surface area contributed by atoms with Gasteiger partial charge in [-0.05, 0) is 20.8 Å². The highest BCUT2D eigenvalue weighted by atomic mass is 16.6. The minimum atomic E-state index is -0.563. The molecular weight excluding hydrogens is 184 g/mol. The van der Waals surface area contributed by atoms with E-state index < -0.39 is 11.7 Å². The molecule has 80 valence electrons. The standard InChI is InChI=1S/C9H16N2O3/c1-9(2,3)14-8(13)11-6-5-10(4)7(11)12/h5-6H2,1-4H3. The van der Waals surface area contributed by atoms with E-state index in [4.69, 9.17) is 4.74 Å². The lowest BCUT2D eigenvalue weighted by Crippen LogP contribution is -2.39. The maximum absolute atomic E-state index is 11.5. The second-order valence-corrected chi connectivity index (χ2v) is 4.34. The van der Waals surface area contributed by atoms with Gasteiger partial charge in [0.15, 0.2) is 0 Å². The van der Waals surface area contributed by atoms with Gasteiger partial charge >= 0.3 is 12.1 Å². The number of carbonyl (C=O) groups is 2. The van der Waals surface area contributed by atoms with Crippen LogP contribution in [-0.4, -0.2) is 47.7 Å². The Labute approximate surface area is 83.6 Å². The molecule has 5 heteroatoms. The third kappa shape index (κ3) is 2.37. The van der Waals surface area contributed by atoms with Crippen LogP contribution < -0.4 is 0 Å². The van der Waals surface area contributed by atoms with Crippen molar-refractivity contribution in [3.63, 3.8) is 0 Å². The predicted molar refractivity (Wildman–Crippen MR) is 51.0 cm³/mol. The molecule has 0 atom stereocenters. The molecule has 5 nitrogen and oxygen atoms in total. The van der Waals surface area contributed by atoms with Crippen LogP contribution in [0.25, 0.3) is 0 Å². The number of carbonyl (C=O) groups excluding carboxylic acids is 2. The Morgan fingerprint density at radius 3 is 2.29 bits per heavy atom. The maximum Gasteiger partial charge on any atom is 0.418 e. The summed E-state index contributed by atoms with van der Waals surface area (Å²) in [6, 6.07) is -0.292. The number of likely N-dealkylation sites (N-methyl/N-ethyl adjacent to an activating group) is 1. The molecule has 0 bridgehead atoms.